The number of nitrogens with zero attached hydrogens (tertiary/aromatic N) is 1. The standard InChI is InChI=1S/C18H21N3O3/c1-11-8-9-21(3)17(22)16(11)20-18(23)19-12(2)14-10-24-15-7-5-4-6-13(14)15/h4-9,12,14H,10H2,1-3H3,(H2,19,20,23)/t12-,14+/m1/s1. The van der Waals surface area contributed by atoms with Crippen LogP contribution in [0.15, 0.2) is 41.3 Å². The lowest BCUT2D eigenvalue weighted by Gasteiger charge is -2.20. The summed E-state index contributed by atoms with van der Waals surface area (Å²) in [5.41, 5.74) is 1.90. The Hall–Kier alpha value is -2.76. The SMILES string of the molecule is Cc1ccn(C)c(=O)c1NC(=O)N[C@H](C)[C@@H]1COc2ccccc21. The van der Waals surface area contributed by atoms with Crippen molar-refractivity contribution >= 4 is 11.7 Å². The molecule has 126 valence electrons. The molecule has 0 aliphatic carbocycles. The number of rotatable bonds is 3. The third kappa shape index (κ3) is 2.99. The van der Waals surface area contributed by atoms with E-state index in [1.54, 1.807) is 26.2 Å². The van der Waals surface area contributed by atoms with Crippen molar-refractivity contribution in [2.45, 2.75) is 25.8 Å². The van der Waals surface area contributed by atoms with Gasteiger partial charge in [0.15, 0.2) is 0 Å². The summed E-state index contributed by atoms with van der Waals surface area (Å²) in [6.45, 7) is 4.26. The van der Waals surface area contributed by atoms with Gasteiger partial charge in [-0.3, -0.25) is 4.79 Å². The predicted octanol–water partition coefficient (Wildman–Crippen LogP) is 2.38. The van der Waals surface area contributed by atoms with Crippen LogP contribution in [0.3, 0.4) is 0 Å². The highest BCUT2D eigenvalue weighted by atomic mass is 16.5. The summed E-state index contributed by atoms with van der Waals surface area (Å²) in [5, 5.41) is 5.58. The quantitative estimate of drug-likeness (QED) is 0.909. The highest BCUT2D eigenvalue weighted by Gasteiger charge is 2.29. The summed E-state index contributed by atoms with van der Waals surface area (Å²) in [5.74, 6) is 0.955. The van der Waals surface area contributed by atoms with E-state index in [9.17, 15) is 9.59 Å². The minimum atomic E-state index is -0.390. The number of nitrogens with one attached hydrogen (secondary N) is 2. The molecular formula is C18H21N3O3. The number of fused-ring (bicyclic) bond motifs is 1. The first kappa shape index (κ1) is 16.1. The molecule has 0 bridgehead atoms. The molecule has 24 heavy (non-hydrogen) atoms. The molecule has 2 heterocycles. The molecule has 2 amide bonds. The summed E-state index contributed by atoms with van der Waals surface area (Å²) in [6.07, 6.45) is 1.68. The van der Waals surface area contributed by atoms with Crippen molar-refractivity contribution in [2.75, 3.05) is 11.9 Å². The number of carbonyl (C=O) groups is 1. The second-order valence-electron chi connectivity index (χ2n) is 6.13. The van der Waals surface area contributed by atoms with Gasteiger partial charge in [0.2, 0.25) is 0 Å². The fourth-order valence-electron chi connectivity index (χ4n) is 2.93. The molecule has 1 aliphatic rings. The van der Waals surface area contributed by atoms with Gasteiger partial charge in [0.25, 0.3) is 5.56 Å². The third-order valence-corrected chi connectivity index (χ3v) is 4.41. The van der Waals surface area contributed by atoms with Crippen molar-refractivity contribution in [2.24, 2.45) is 7.05 Å². The first-order valence-corrected chi connectivity index (χ1v) is 7.93. The van der Waals surface area contributed by atoms with E-state index in [2.05, 4.69) is 10.6 Å². The summed E-state index contributed by atoms with van der Waals surface area (Å²) in [7, 11) is 1.65. The summed E-state index contributed by atoms with van der Waals surface area (Å²) in [4.78, 5) is 24.4. The van der Waals surface area contributed by atoms with E-state index >= 15 is 0 Å². The number of hydrogen-bond donors (Lipinski definition) is 2. The minimum absolute atomic E-state index is 0.0895. The fourth-order valence-corrected chi connectivity index (χ4v) is 2.93. The van der Waals surface area contributed by atoms with Crippen LogP contribution in [0.5, 0.6) is 5.75 Å². The summed E-state index contributed by atoms with van der Waals surface area (Å²) >= 11 is 0. The average molecular weight is 327 g/mol. The Morgan fingerprint density at radius 1 is 1.33 bits per heavy atom. The number of aryl methyl sites for hydroxylation is 2. The number of urea groups is 1. The Morgan fingerprint density at radius 3 is 2.88 bits per heavy atom. The Morgan fingerprint density at radius 2 is 2.08 bits per heavy atom. The van der Waals surface area contributed by atoms with Crippen molar-refractivity contribution < 1.29 is 9.53 Å². The Bertz CT molecular complexity index is 828. The van der Waals surface area contributed by atoms with E-state index in [0.717, 1.165) is 16.9 Å². The maximum atomic E-state index is 12.3. The number of amides is 2. The van der Waals surface area contributed by atoms with E-state index in [0.29, 0.717) is 12.3 Å². The molecule has 2 atom stereocenters. The first-order valence-electron chi connectivity index (χ1n) is 7.93. The highest BCUT2D eigenvalue weighted by Crippen LogP contribution is 2.35. The number of carbonyl (C=O) groups excluding carboxylic acids is 1. The largest absolute Gasteiger partial charge is 0.493 e. The Labute approximate surface area is 140 Å². The number of pyridine rings is 1. The highest BCUT2D eigenvalue weighted by molar-refractivity contribution is 5.90. The molecule has 0 radical (unpaired) electrons. The lowest BCUT2D eigenvalue weighted by molar-refractivity contribution is 0.244. The first-order chi connectivity index (χ1) is 11.5. The van der Waals surface area contributed by atoms with E-state index < -0.39 is 6.03 Å². The average Bonchev–Trinajstić information content (AvgIpc) is 2.99. The van der Waals surface area contributed by atoms with Crippen LogP contribution in [0, 0.1) is 6.92 Å². The van der Waals surface area contributed by atoms with Gasteiger partial charge < -0.3 is 19.9 Å². The number of hydrogen-bond acceptors (Lipinski definition) is 3. The number of ether oxygens (including phenoxy) is 1. The van der Waals surface area contributed by atoms with Crippen molar-refractivity contribution in [1.29, 1.82) is 0 Å². The molecule has 2 N–H and O–H groups in total. The monoisotopic (exact) mass is 327 g/mol. The van der Waals surface area contributed by atoms with Crippen LogP contribution in [0.2, 0.25) is 0 Å². The van der Waals surface area contributed by atoms with Gasteiger partial charge in [-0.15, -0.1) is 0 Å². The van der Waals surface area contributed by atoms with E-state index in [1.807, 2.05) is 31.2 Å². The number of anilines is 1. The molecule has 0 saturated heterocycles. The number of benzene rings is 1. The normalized spacial score (nSPS) is 16.9. The van der Waals surface area contributed by atoms with Crippen molar-refractivity contribution in [3.63, 3.8) is 0 Å². The van der Waals surface area contributed by atoms with Gasteiger partial charge in [0, 0.05) is 30.8 Å². The van der Waals surface area contributed by atoms with Gasteiger partial charge in [0.05, 0.1) is 6.61 Å². The zero-order chi connectivity index (χ0) is 17.3. The second-order valence-corrected chi connectivity index (χ2v) is 6.13. The number of para-hydroxylation sites is 1. The topological polar surface area (TPSA) is 72.4 Å². The lowest BCUT2D eigenvalue weighted by Crippen LogP contribution is -2.41. The number of aromatic nitrogens is 1. The third-order valence-electron chi connectivity index (χ3n) is 4.41. The van der Waals surface area contributed by atoms with Crippen LogP contribution < -0.4 is 20.9 Å². The van der Waals surface area contributed by atoms with Crippen molar-refractivity contribution in [1.82, 2.24) is 9.88 Å². The Balaban J connectivity index is 1.70. The molecular weight excluding hydrogens is 306 g/mol. The predicted molar refractivity (Wildman–Crippen MR) is 92.7 cm³/mol. The van der Waals surface area contributed by atoms with Crippen LogP contribution in [-0.4, -0.2) is 23.2 Å². The molecule has 0 unspecified atom stereocenters. The second kappa shape index (κ2) is 6.39. The molecule has 0 fully saturated rings. The van der Waals surface area contributed by atoms with Crippen LogP contribution in [0.1, 0.15) is 24.0 Å². The molecule has 6 heteroatoms. The minimum Gasteiger partial charge on any atom is -0.493 e. The van der Waals surface area contributed by atoms with E-state index in [-0.39, 0.29) is 17.5 Å². The van der Waals surface area contributed by atoms with Gasteiger partial charge in [0.1, 0.15) is 11.4 Å². The smallest absolute Gasteiger partial charge is 0.319 e. The van der Waals surface area contributed by atoms with Crippen LogP contribution in [0.25, 0.3) is 0 Å². The van der Waals surface area contributed by atoms with E-state index in [4.69, 9.17) is 4.74 Å². The van der Waals surface area contributed by atoms with Crippen LogP contribution in [-0.2, 0) is 7.05 Å². The molecule has 0 spiro atoms. The zero-order valence-corrected chi connectivity index (χ0v) is 14.0. The fraction of sp³-hybridized carbons (Fsp3) is 0.333. The molecule has 6 nitrogen and oxygen atoms in total. The molecule has 3 rings (SSSR count). The Kier molecular flexibility index (Phi) is 4.29. The summed E-state index contributed by atoms with van der Waals surface area (Å²) < 4.78 is 7.10. The van der Waals surface area contributed by atoms with Gasteiger partial charge in [-0.1, -0.05) is 18.2 Å². The van der Waals surface area contributed by atoms with Crippen LogP contribution >= 0.6 is 0 Å². The summed E-state index contributed by atoms with van der Waals surface area (Å²) in [6, 6.07) is 9.12. The maximum absolute atomic E-state index is 12.3. The zero-order valence-electron chi connectivity index (χ0n) is 14.0. The van der Waals surface area contributed by atoms with Crippen LogP contribution in [0.4, 0.5) is 10.5 Å². The molecule has 0 saturated carbocycles. The van der Waals surface area contributed by atoms with Gasteiger partial charge >= 0.3 is 6.03 Å². The maximum Gasteiger partial charge on any atom is 0.319 e. The van der Waals surface area contributed by atoms with Crippen molar-refractivity contribution in [3.8, 4) is 5.75 Å². The van der Waals surface area contributed by atoms with E-state index in [1.165, 1.54) is 4.57 Å². The van der Waals surface area contributed by atoms with Gasteiger partial charge in [-0.25, -0.2) is 4.79 Å². The van der Waals surface area contributed by atoms with Crippen molar-refractivity contribution in [3.05, 3.63) is 58.0 Å². The molecule has 2 aromatic rings. The molecule has 1 aliphatic heterocycles. The lowest BCUT2D eigenvalue weighted by atomic mass is 9.94. The van der Waals surface area contributed by atoms with Gasteiger partial charge in [-0.2, -0.15) is 0 Å². The van der Waals surface area contributed by atoms with Gasteiger partial charge in [-0.05, 0) is 31.5 Å². The molecule has 1 aromatic carbocycles. The molecule has 1 aromatic heterocycles.